The van der Waals surface area contributed by atoms with Crippen molar-refractivity contribution in [3.05, 3.63) is 66.3 Å². The van der Waals surface area contributed by atoms with Gasteiger partial charge >= 0.3 is 0 Å². The number of likely N-dealkylation sites (tertiary alicyclic amines) is 1. The molecule has 0 aromatic carbocycles. The summed E-state index contributed by atoms with van der Waals surface area (Å²) in [6.45, 7) is 5.39. The molecule has 3 heterocycles. The summed E-state index contributed by atoms with van der Waals surface area (Å²) >= 11 is 0. The lowest BCUT2D eigenvalue weighted by Gasteiger charge is -2.27. The molecule has 2 aromatic heterocycles. The molecule has 0 bridgehead atoms. The molecule has 2 aliphatic rings. The van der Waals surface area contributed by atoms with Crippen molar-refractivity contribution in [3.63, 3.8) is 0 Å². The lowest BCUT2D eigenvalue weighted by atomic mass is 10.1. The van der Waals surface area contributed by atoms with Crippen LogP contribution in [0.15, 0.2) is 55.1 Å². The third-order valence-electron chi connectivity index (χ3n) is 6.02. The Bertz CT molecular complexity index is 780. The van der Waals surface area contributed by atoms with Crippen molar-refractivity contribution < 1.29 is 4.79 Å². The standard InChI is InChI=1S/C22H26N4O/c1-16(18-6-10-23-11-7-18)26-14-20-19(21(20)15-26)8-12-25-22(27)5-4-17-3-2-9-24-13-17/h2-7,9-11,13,16,19-21H,8,12,14-15H2,1H3,(H,25,27)/b5-4+. The molecule has 2 aromatic rings. The Morgan fingerprint density at radius 2 is 2.00 bits per heavy atom. The van der Waals surface area contributed by atoms with E-state index < -0.39 is 0 Å². The molecule has 0 spiro atoms. The van der Waals surface area contributed by atoms with Gasteiger partial charge in [0.1, 0.15) is 0 Å². The van der Waals surface area contributed by atoms with Gasteiger partial charge in [0.2, 0.25) is 5.91 Å². The van der Waals surface area contributed by atoms with Gasteiger partial charge in [-0.25, -0.2) is 0 Å². The highest BCUT2D eigenvalue weighted by molar-refractivity contribution is 5.91. The highest BCUT2D eigenvalue weighted by Crippen LogP contribution is 2.54. The molecule has 1 aliphatic heterocycles. The van der Waals surface area contributed by atoms with Crippen LogP contribution >= 0.6 is 0 Å². The van der Waals surface area contributed by atoms with Gasteiger partial charge in [-0.1, -0.05) is 6.07 Å². The molecule has 1 N–H and O–H groups in total. The maximum absolute atomic E-state index is 11.9. The zero-order valence-corrected chi connectivity index (χ0v) is 15.7. The highest BCUT2D eigenvalue weighted by Gasteiger charge is 2.55. The van der Waals surface area contributed by atoms with Crippen molar-refractivity contribution in [1.82, 2.24) is 20.2 Å². The number of carbonyl (C=O) groups excluding carboxylic acids is 1. The molecule has 27 heavy (non-hydrogen) atoms. The molecule has 5 nitrogen and oxygen atoms in total. The van der Waals surface area contributed by atoms with Gasteiger partial charge in [0.25, 0.3) is 0 Å². The van der Waals surface area contributed by atoms with Crippen LogP contribution in [-0.2, 0) is 4.79 Å². The van der Waals surface area contributed by atoms with E-state index in [-0.39, 0.29) is 5.91 Å². The Morgan fingerprint density at radius 3 is 2.70 bits per heavy atom. The Labute approximate surface area is 160 Å². The van der Waals surface area contributed by atoms with Crippen LogP contribution in [0.4, 0.5) is 0 Å². The topological polar surface area (TPSA) is 58.1 Å². The number of amides is 1. The summed E-state index contributed by atoms with van der Waals surface area (Å²) < 4.78 is 0. The number of aromatic nitrogens is 2. The van der Waals surface area contributed by atoms with Crippen molar-refractivity contribution in [2.45, 2.75) is 19.4 Å². The lowest BCUT2D eigenvalue weighted by molar-refractivity contribution is -0.116. The summed E-state index contributed by atoms with van der Waals surface area (Å²) in [4.78, 5) is 22.7. The summed E-state index contributed by atoms with van der Waals surface area (Å²) in [5, 5.41) is 3.01. The lowest BCUT2D eigenvalue weighted by Crippen LogP contribution is -2.29. The minimum absolute atomic E-state index is 0.0300. The van der Waals surface area contributed by atoms with Crippen molar-refractivity contribution in [3.8, 4) is 0 Å². The SMILES string of the molecule is CC(c1ccncc1)N1CC2C(CCNC(=O)/C=C/c3cccnc3)C2C1. The van der Waals surface area contributed by atoms with Gasteiger partial charge in [0.05, 0.1) is 0 Å². The van der Waals surface area contributed by atoms with Crippen LogP contribution in [-0.4, -0.2) is 40.4 Å². The van der Waals surface area contributed by atoms with E-state index in [1.54, 1.807) is 24.5 Å². The largest absolute Gasteiger partial charge is 0.353 e. The minimum atomic E-state index is -0.0300. The van der Waals surface area contributed by atoms with E-state index in [9.17, 15) is 4.79 Å². The first kappa shape index (κ1) is 17.9. The Kier molecular flexibility index (Phi) is 5.30. The Balaban J connectivity index is 1.16. The van der Waals surface area contributed by atoms with Crippen LogP contribution in [0.2, 0.25) is 0 Å². The van der Waals surface area contributed by atoms with E-state index >= 15 is 0 Å². The fourth-order valence-corrected chi connectivity index (χ4v) is 4.35. The average molecular weight is 362 g/mol. The minimum Gasteiger partial charge on any atom is -0.353 e. The molecular weight excluding hydrogens is 336 g/mol. The molecule has 1 saturated heterocycles. The smallest absolute Gasteiger partial charge is 0.244 e. The maximum atomic E-state index is 11.9. The number of hydrogen-bond acceptors (Lipinski definition) is 4. The average Bonchev–Trinajstić information content (AvgIpc) is 3.16. The normalized spacial score (nSPS) is 25.3. The number of hydrogen-bond donors (Lipinski definition) is 1. The van der Waals surface area contributed by atoms with E-state index in [1.807, 2.05) is 24.5 Å². The Morgan fingerprint density at radius 1 is 1.22 bits per heavy atom. The van der Waals surface area contributed by atoms with Crippen LogP contribution in [0.5, 0.6) is 0 Å². The predicted octanol–water partition coefficient (Wildman–Crippen LogP) is 2.94. The van der Waals surface area contributed by atoms with E-state index in [4.69, 9.17) is 0 Å². The number of nitrogens with one attached hydrogen (secondary N) is 1. The van der Waals surface area contributed by atoms with Crippen LogP contribution in [0.3, 0.4) is 0 Å². The summed E-state index contributed by atoms with van der Waals surface area (Å²) in [6, 6.07) is 8.48. The molecule has 0 radical (unpaired) electrons. The predicted molar refractivity (Wildman–Crippen MR) is 106 cm³/mol. The van der Waals surface area contributed by atoms with Crippen LogP contribution in [0, 0.1) is 17.8 Å². The second kappa shape index (κ2) is 8.01. The molecule has 3 unspecified atom stereocenters. The van der Waals surface area contributed by atoms with Gasteiger partial charge in [-0.15, -0.1) is 0 Å². The van der Waals surface area contributed by atoms with Crippen LogP contribution < -0.4 is 5.32 Å². The van der Waals surface area contributed by atoms with Crippen molar-refractivity contribution in [1.29, 1.82) is 0 Å². The molecular formula is C22H26N4O. The zero-order chi connectivity index (χ0) is 18.6. The summed E-state index contributed by atoms with van der Waals surface area (Å²) in [5.41, 5.74) is 2.28. The monoisotopic (exact) mass is 362 g/mol. The highest BCUT2D eigenvalue weighted by atomic mass is 16.1. The molecule has 4 rings (SSSR count). The summed E-state index contributed by atoms with van der Waals surface area (Å²) in [5.74, 6) is 2.35. The molecule has 2 fully saturated rings. The van der Waals surface area contributed by atoms with Crippen LogP contribution in [0.1, 0.15) is 30.5 Å². The summed E-state index contributed by atoms with van der Waals surface area (Å²) in [7, 11) is 0. The number of piperidine rings is 1. The third kappa shape index (κ3) is 4.25. The molecule has 5 heteroatoms. The van der Waals surface area contributed by atoms with Gasteiger partial charge in [0, 0.05) is 56.5 Å². The van der Waals surface area contributed by atoms with Crippen molar-refractivity contribution >= 4 is 12.0 Å². The van der Waals surface area contributed by atoms with Crippen molar-refractivity contribution in [2.75, 3.05) is 19.6 Å². The number of nitrogens with zero attached hydrogens (tertiary/aromatic N) is 3. The maximum Gasteiger partial charge on any atom is 0.244 e. The molecule has 1 amide bonds. The van der Waals surface area contributed by atoms with E-state index in [0.29, 0.717) is 6.04 Å². The molecule has 1 aliphatic carbocycles. The number of carbonyl (C=O) groups is 1. The van der Waals surface area contributed by atoms with Gasteiger partial charge in [0.15, 0.2) is 0 Å². The third-order valence-corrected chi connectivity index (χ3v) is 6.02. The first-order valence-corrected chi connectivity index (χ1v) is 9.72. The number of pyridine rings is 2. The number of rotatable bonds is 7. The fraction of sp³-hybridized carbons (Fsp3) is 0.409. The molecule has 140 valence electrons. The van der Waals surface area contributed by atoms with E-state index in [0.717, 1.165) is 36.3 Å². The zero-order valence-electron chi connectivity index (χ0n) is 15.7. The first-order valence-electron chi connectivity index (χ1n) is 9.72. The summed E-state index contributed by atoms with van der Waals surface area (Å²) in [6.07, 6.45) is 11.7. The molecule has 3 atom stereocenters. The second-order valence-corrected chi connectivity index (χ2v) is 7.60. The Hall–Kier alpha value is -2.53. The second-order valence-electron chi connectivity index (χ2n) is 7.60. The van der Waals surface area contributed by atoms with Crippen LogP contribution in [0.25, 0.3) is 6.08 Å². The number of fused-ring (bicyclic) bond motifs is 1. The van der Waals surface area contributed by atoms with E-state index in [2.05, 4.69) is 39.2 Å². The van der Waals surface area contributed by atoms with Gasteiger partial charge in [-0.05, 0) is 66.5 Å². The fourth-order valence-electron chi connectivity index (χ4n) is 4.35. The first-order chi connectivity index (χ1) is 13.2. The van der Waals surface area contributed by atoms with Crippen molar-refractivity contribution in [2.24, 2.45) is 17.8 Å². The van der Waals surface area contributed by atoms with E-state index in [1.165, 1.54) is 18.7 Å². The quantitative estimate of drug-likeness (QED) is 0.770. The van der Waals surface area contributed by atoms with Gasteiger partial charge in [-0.2, -0.15) is 0 Å². The molecule has 1 saturated carbocycles. The van der Waals surface area contributed by atoms with Gasteiger partial charge in [-0.3, -0.25) is 19.7 Å². The van der Waals surface area contributed by atoms with Gasteiger partial charge < -0.3 is 5.32 Å².